The minimum Gasteiger partial charge on any atom is -0.342 e. The molecule has 0 radical (unpaired) electrons. The van der Waals surface area contributed by atoms with Gasteiger partial charge in [0, 0.05) is 19.0 Å². The Morgan fingerprint density at radius 2 is 2.26 bits per heavy atom. The summed E-state index contributed by atoms with van der Waals surface area (Å²) in [5.41, 5.74) is 8.18. The number of para-hydroxylation sites is 2. The van der Waals surface area contributed by atoms with Crippen molar-refractivity contribution in [1.29, 1.82) is 0 Å². The normalized spacial score (nSPS) is 21.3. The second-order valence-corrected chi connectivity index (χ2v) is 6.67. The number of hydrogen-bond acceptors (Lipinski definition) is 3. The van der Waals surface area contributed by atoms with E-state index in [1.54, 1.807) is 0 Å². The van der Waals surface area contributed by atoms with Crippen LogP contribution < -0.4 is 5.73 Å². The zero-order chi connectivity index (χ0) is 16.4. The molecular formula is C18H26N4O. The molecule has 1 amide bonds. The molecule has 5 heteroatoms. The van der Waals surface area contributed by atoms with Crippen molar-refractivity contribution >= 4 is 16.9 Å². The largest absolute Gasteiger partial charge is 0.342 e. The van der Waals surface area contributed by atoms with Crippen molar-refractivity contribution in [3.63, 3.8) is 0 Å². The highest BCUT2D eigenvalue weighted by Crippen LogP contribution is 2.27. The third-order valence-corrected chi connectivity index (χ3v) is 5.07. The first kappa shape index (κ1) is 16.0. The van der Waals surface area contributed by atoms with E-state index in [4.69, 9.17) is 10.7 Å². The van der Waals surface area contributed by atoms with Gasteiger partial charge in [-0.15, -0.1) is 0 Å². The summed E-state index contributed by atoms with van der Waals surface area (Å²) in [5, 5.41) is 0. The Balaban J connectivity index is 1.74. The topological polar surface area (TPSA) is 75.0 Å². The lowest BCUT2D eigenvalue weighted by Crippen LogP contribution is -2.50. The standard InChI is InChI=1S/C18H26N4O/c1-3-12(2)16(19)18(23)22-10-6-7-13(11-22)17-20-14-8-4-5-9-15(14)21-17/h4-5,8-9,12-13,16H,3,6-7,10-11,19H2,1-2H3,(H,20,21)/t12-,13?,16-/m0/s1. The van der Waals surface area contributed by atoms with Crippen LogP contribution in [0.15, 0.2) is 24.3 Å². The lowest BCUT2D eigenvalue weighted by atomic mass is 9.94. The molecule has 5 nitrogen and oxygen atoms in total. The maximum absolute atomic E-state index is 12.6. The molecule has 1 unspecified atom stereocenters. The van der Waals surface area contributed by atoms with Crippen molar-refractivity contribution in [3.8, 4) is 0 Å². The van der Waals surface area contributed by atoms with Crippen LogP contribution in [0.4, 0.5) is 0 Å². The fraction of sp³-hybridized carbons (Fsp3) is 0.556. The highest BCUT2D eigenvalue weighted by atomic mass is 16.2. The second-order valence-electron chi connectivity index (χ2n) is 6.67. The molecule has 23 heavy (non-hydrogen) atoms. The number of nitrogens with zero attached hydrogens (tertiary/aromatic N) is 2. The lowest BCUT2D eigenvalue weighted by Gasteiger charge is -2.34. The van der Waals surface area contributed by atoms with E-state index in [0.717, 1.165) is 42.7 Å². The third-order valence-electron chi connectivity index (χ3n) is 5.07. The number of likely N-dealkylation sites (tertiary alicyclic amines) is 1. The van der Waals surface area contributed by atoms with E-state index in [2.05, 4.69) is 11.9 Å². The Morgan fingerprint density at radius 1 is 1.48 bits per heavy atom. The minimum atomic E-state index is -0.394. The predicted octanol–water partition coefficient (Wildman–Crippen LogP) is 2.64. The number of carbonyl (C=O) groups excluding carboxylic acids is 1. The van der Waals surface area contributed by atoms with Crippen LogP contribution in [0.3, 0.4) is 0 Å². The molecule has 3 atom stereocenters. The molecule has 1 aromatic carbocycles. The molecule has 3 rings (SSSR count). The van der Waals surface area contributed by atoms with Crippen LogP contribution in [0, 0.1) is 5.92 Å². The van der Waals surface area contributed by atoms with Crippen molar-refractivity contribution in [3.05, 3.63) is 30.1 Å². The van der Waals surface area contributed by atoms with Gasteiger partial charge in [0.2, 0.25) is 5.91 Å². The molecule has 1 aliphatic rings. The first-order chi connectivity index (χ1) is 11.1. The molecule has 1 saturated heterocycles. The zero-order valence-corrected chi connectivity index (χ0v) is 14.0. The van der Waals surface area contributed by atoms with Gasteiger partial charge in [-0.25, -0.2) is 4.98 Å². The summed E-state index contributed by atoms with van der Waals surface area (Å²) >= 11 is 0. The maximum atomic E-state index is 12.6. The van der Waals surface area contributed by atoms with Crippen LogP contribution in [0.25, 0.3) is 11.0 Å². The number of imidazole rings is 1. The summed E-state index contributed by atoms with van der Waals surface area (Å²) in [6, 6.07) is 7.66. The van der Waals surface area contributed by atoms with E-state index in [1.165, 1.54) is 0 Å². The zero-order valence-electron chi connectivity index (χ0n) is 14.0. The van der Waals surface area contributed by atoms with Crippen molar-refractivity contribution in [1.82, 2.24) is 14.9 Å². The van der Waals surface area contributed by atoms with Crippen molar-refractivity contribution in [2.24, 2.45) is 11.7 Å². The number of H-pyrrole nitrogens is 1. The predicted molar refractivity (Wildman–Crippen MR) is 92.1 cm³/mol. The first-order valence-corrected chi connectivity index (χ1v) is 8.59. The summed E-state index contributed by atoms with van der Waals surface area (Å²) in [7, 11) is 0. The van der Waals surface area contributed by atoms with E-state index < -0.39 is 6.04 Å². The Hall–Kier alpha value is -1.88. The number of rotatable bonds is 4. The number of nitrogens with two attached hydrogens (primary N) is 1. The van der Waals surface area contributed by atoms with Crippen LogP contribution in [0.5, 0.6) is 0 Å². The number of nitrogens with one attached hydrogen (secondary N) is 1. The fourth-order valence-electron chi connectivity index (χ4n) is 3.27. The van der Waals surface area contributed by atoms with E-state index >= 15 is 0 Å². The average Bonchev–Trinajstić information content (AvgIpc) is 3.04. The summed E-state index contributed by atoms with van der Waals surface area (Å²) in [6.07, 6.45) is 2.98. The molecule has 0 spiro atoms. The Bertz CT molecular complexity index is 647. The van der Waals surface area contributed by atoms with Gasteiger partial charge < -0.3 is 15.6 Å². The molecule has 1 fully saturated rings. The van der Waals surface area contributed by atoms with Crippen LogP contribution in [0.2, 0.25) is 0 Å². The number of aromatic nitrogens is 2. The number of benzene rings is 1. The number of hydrogen-bond donors (Lipinski definition) is 2. The van der Waals surface area contributed by atoms with Gasteiger partial charge in [-0.2, -0.15) is 0 Å². The Labute approximate surface area is 137 Å². The SMILES string of the molecule is CC[C@H](C)[C@H](N)C(=O)N1CCCC(c2nc3ccccc3[nH]2)C1. The second kappa shape index (κ2) is 6.71. The minimum absolute atomic E-state index is 0.0835. The quantitative estimate of drug-likeness (QED) is 0.911. The van der Waals surface area contributed by atoms with Gasteiger partial charge in [-0.3, -0.25) is 4.79 Å². The van der Waals surface area contributed by atoms with Gasteiger partial charge in [0.15, 0.2) is 0 Å². The van der Waals surface area contributed by atoms with Gasteiger partial charge >= 0.3 is 0 Å². The maximum Gasteiger partial charge on any atom is 0.239 e. The Kier molecular flexibility index (Phi) is 4.66. The molecule has 2 heterocycles. The fourth-order valence-corrected chi connectivity index (χ4v) is 3.27. The van der Waals surface area contributed by atoms with Crippen LogP contribution in [0.1, 0.15) is 44.9 Å². The van der Waals surface area contributed by atoms with Gasteiger partial charge in [-0.05, 0) is 30.9 Å². The molecule has 124 valence electrons. The highest BCUT2D eigenvalue weighted by Gasteiger charge is 2.30. The van der Waals surface area contributed by atoms with Crippen LogP contribution in [-0.4, -0.2) is 39.9 Å². The molecular weight excluding hydrogens is 288 g/mol. The molecule has 0 aliphatic carbocycles. The van der Waals surface area contributed by atoms with Gasteiger partial charge in [0.1, 0.15) is 5.82 Å². The third kappa shape index (κ3) is 3.24. The number of aromatic amines is 1. The number of amides is 1. The van der Waals surface area contributed by atoms with E-state index in [9.17, 15) is 4.79 Å². The highest BCUT2D eigenvalue weighted by molar-refractivity contribution is 5.82. The lowest BCUT2D eigenvalue weighted by molar-refractivity contribution is -0.135. The van der Waals surface area contributed by atoms with Gasteiger partial charge in [0.25, 0.3) is 0 Å². The van der Waals surface area contributed by atoms with E-state index in [-0.39, 0.29) is 17.7 Å². The smallest absolute Gasteiger partial charge is 0.239 e. The summed E-state index contributed by atoms with van der Waals surface area (Å²) in [5.74, 6) is 1.55. The van der Waals surface area contributed by atoms with Crippen LogP contribution in [-0.2, 0) is 4.79 Å². The van der Waals surface area contributed by atoms with Crippen molar-refractivity contribution in [2.45, 2.75) is 45.1 Å². The molecule has 1 aliphatic heterocycles. The van der Waals surface area contributed by atoms with Gasteiger partial charge in [0.05, 0.1) is 17.1 Å². The molecule has 1 aromatic heterocycles. The Morgan fingerprint density at radius 3 is 3.00 bits per heavy atom. The molecule has 2 aromatic rings. The first-order valence-electron chi connectivity index (χ1n) is 8.59. The molecule has 0 bridgehead atoms. The number of carbonyl (C=O) groups is 1. The van der Waals surface area contributed by atoms with E-state index in [1.807, 2.05) is 36.1 Å². The summed E-state index contributed by atoms with van der Waals surface area (Å²) < 4.78 is 0. The summed E-state index contributed by atoms with van der Waals surface area (Å²) in [6.45, 7) is 5.64. The van der Waals surface area contributed by atoms with Crippen molar-refractivity contribution in [2.75, 3.05) is 13.1 Å². The average molecular weight is 314 g/mol. The van der Waals surface area contributed by atoms with Gasteiger partial charge in [-0.1, -0.05) is 32.4 Å². The number of fused-ring (bicyclic) bond motifs is 1. The van der Waals surface area contributed by atoms with Crippen LogP contribution >= 0.6 is 0 Å². The van der Waals surface area contributed by atoms with Crippen molar-refractivity contribution < 1.29 is 4.79 Å². The number of piperidine rings is 1. The summed E-state index contributed by atoms with van der Waals surface area (Å²) in [4.78, 5) is 22.7. The molecule has 0 saturated carbocycles. The molecule has 3 N–H and O–H groups in total. The van der Waals surface area contributed by atoms with E-state index in [0.29, 0.717) is 6.54 Å². The monoisotopic (exact) mass is 314 g/mol.